The van der Waals surface area contributed by atoms with Crippen molar-refractivity contribution >= 4 is 0 Å². The fraction of sp³-hybridized carbons (Fsp3) is 0.421. The van der Waals surface area contributed by atoms with E-state index in [1.807, 2.05) is 36.4 Å². The van der Waals surface area contributed by atoms with Crippen molar-refractivity contribution in [1.82, 2.24) is 9.88 Å². The van der Waals surface area contributed by atoms with Crippen LogP contribution in [0, 0.1) is 5.92 Å². The van der Waals surface area contributed by atoms with Gasteiger partial charge in [-0.05, 0) is 56.3 Å². The highest BCUT2D eigenvalue weighted by atomic mass is 16.3. The normalized spacial score (nSPS) is 18.5. The molecule has 1 fully saturated rings. The van der Waals surface area contributed by atoms with Gasteiger partial charge < -0.3 is 15.0 Å². The first-order chi connectivity index (χ1) is 11.2. The lowest BCUT2D eigenvalue weighted by atomic mass is 9.93. The Bertz CT molecular complexity index is 686. The molecule has 0 saturated carbocycles. The first kappa shape index (κ1) is 15.8. The van der Waals surface area contributed by atoms with Gasteiger partial charge in [-0.25, -0.2) is 0 Å². The largest absolute Gasteiger partial charge is 0.503 e. The maximum Gasteiger partial charge on any atom is 0.293 e. The van der Waals surface area contributed by atoms with E-state index in [1.165, 1.54) is 0 Å². The summed E-state index contributed by atoms with van der Waals surface area (Å²) in [6.07, 6.45) is 6.01. The molecule has 2 aromatic rings. The number of hydrogen-bond acceptors (Lipinski definition) is 3. The summed E-state index contributed by atoms with van der Waals surface area (Å²) in [7, 11) is 0. The molecule has 23 heavy (non-hydrogen) atoms. The summed E-state index contributed by atoms with van der Waals surface area (Å²) in [5.41, 5.74) is 1.54. The molecule has 1 aromatic heterocycles. The lowest BCUT2D eigenvalue weighted by molar-refractivity contribution is 0.426. The van der Waals surface area contributed by atoms with Crippen LogP contribution in [0.4, 0.5) is 0 Å². The number of nitrogens with one attached hydrogen (secondary N) is 1. The van der Waals surface area contributed by atoms with Crippen LogP contribution < -0.4 is 10.9 Å². The summed E-state index contributed by atoms with van der Waals surface area (Å²) < 4.78 is 1.57. The minimum absolute atomic E-state index is 0.0827. The number of pyridine rings is 1. The molecule has 2 N–H and O–H groups in total. The van der Waals surface area contributed by atoms with Crippen molar-refractivity contribution in [3.05, 3.63) is 64.1 Å². The van der Waals surface area contributed by atoms with E-state index in [1.54, 1.807) is 10.8 Å². The van der Waals surface area contributed by atoms with Gasteiger partial charge in [-0.3, -0.25) is 4.79 Å². The maximum atomic E-state index is 12.4. The van der Waals surface area contributed by atoms with Crippen molar-refractivity contribution in [2.24, 2.45) is 5.92 Å². The van der Waals surface area contributed by atoms with E-state index in [0.717, 1.165) is 49.9 Å². The number of hydrogen-bond donors (Lipinski definition) is 2. The second kappa shape index (κ2) is 7.47. The zero-order valence-electron chi connectivity index (χ0n) is 13.4. The van der Waals surface area contributed by atoms with E-state index in [2.05, 4.69) is 5.32 Å². The van der Waals surface area contributed by atoms with Crippen LogP contribution >= 0.6 is 0 Å². The van der Waals surface area contributed by atoms with Crippen LogP contribution in [0.5, 0.6) is 5.75 Å². The highest BCUT2D eigenvalue weighted by Gasteiger charge is 2.16. The number of aromatic nitrogens is 1. The van der Waals surface area contributed by atoms with Gasteiger partial charge >= 0.3 is 0 Å². The molecule has 4 nitrogen and oxygen atoms in total. The van der Waals surface area contributed by atoms with Crippen molar-refractivity contribution in [1.29, 1.82) is 0 Å². The van der Waals surface area contributed by atoms with Crippen LogP contribution in [0.3, 0.4) is 0 Å². The monoisotopic (exact) mass is 312 g/mol. The fourth-order valence-electron chi connectivity index (χ4n) is 3.28. The molecule has 1 aliphatic rings. The third kappa shape index (κ3) is 4.02. The van der Waals surface area contributed by atoms with Gasteiger partial charge in [-0.2, -0.15) is 0 Å². The van der Waals surface area contributed by atoms with Crippen LogP contribution in [0.15, 0.2) is 47.4 Å². The topological polar surface area (TPSA) is 54.3 Å². The molecule has 1 aliphatic heterocycles. The predicted molar refractivity (Wildman–Crippen MR) is 91.8 cm³/mol. The molecule has 4 heteroatoms. The maximum absolute atomic E-state index is 12.4. The molecule has 1 unspecified atom stereocenters. The van der Waals surface area contributed by atoms with Crippen LogP contribution in [0.25, 0.3) is 0 Å². The summed E-state index contributed by atoms with van der Waals surface area (Å²) in [6, 6.07) is 11.7. The van der Waals surface area contributed by atoms with Gasteiger partial charge in [0.05, 0.1) is 6.54 Å². The standard InChI is InChI=1S/C19H24N2O2/c22-18-17(13-15-7-4-10-20-11-8-15)9-12-21(19(18)23)14-16-5-2-1-3-6-16/h1-3,5-6,9,12,15,20,22H,4,7-8,10-11,13-14H2. The Morgan fingerprint density at radius 2 is 1.96 bits per heavy atom. The lowest BCUT2D eigenvalue weighted by Crippen LogP contribution is -2.21. The zero-order chi connectivity index (χ0) is 16.1. The molecule has 0 amide bonds. The number of aromatic hydroxyl groups is 1. The molecule has 1 saturated heterocycles. The minimum atomic E-state index is -0.293. The summed E-state index contributed by atoms with van der Waals surface area (Å²) in [5.74, 6) is 0.459. The van der Waals surface area contributed by atoms with Gasteiger partial charge in [0.25, 0.3) is 5.56 Å². The van der Waals surface area contributed by atoms with Gasteiger partial charge in [0.1, 0.15) is 0 Å². The Kier molecular flexibility index (Phi) is 5.13. The molecule has 1 aromatic carbocycles. The lowest BCUT2D eigenvalue weighted by Gasteiger charge is -2.15. The summed E-state index contributed by atoms with van der Waals surface area (Å²) in [4.78, 5) is 12.4. The third-order valence-electron chi connectivity index (χ3n) is 4.62. The van der Waals surface area contributed by atoms with Gasteiger partial charge in [0, 0.05) is 11.8 Å². The summed E-state index contributed by atoms with van der Waals surface area (Å²) in [6.45, 7) is 2.58. The number of nitrogens with zero attached hydrogens (tertiary/aromatic N) is 1. The first-order valence-electron chi connectivity index (χ1n) is 8.40. The van der Waals surface area contributed by atoms with Crippen molar-refractivity contribution in [3.8, 4) is 5.75 Å². The van der Waals surface area contributed by atoms with Gasteiger partial charge in [-0.1, -0.05) is 30.3 Å². The molecule has 0 bridgehead atoms. The van der Waals surface area contributed by atoms with Gasteiger partial charge in [0.2, 0.25) is 0 Å². The van der Waals surface area contributed by atoms with Crippen LogP contribution in [0.2, 0.25) is 0 Å². The average Bonchev–Trinajstić information content (AvgIpc) is 2.84. The Labute approximate surface area is 136 Å². The molecule has 2 heterocycles. The first-order valence-corrected chi connectivity index (χ1v) is 8.40. The number of benzene rings is 1. The third-order valence-corrected chi connectivity index (χ3v) is 4.62. The second-order valence-electron chi connectivity index (χ2n) is 6.36. The van der Waals surface area contributed by atoms with Gasteiger partial charge in [-0.15, -0.1) is 0 Å². The van der Waals surface area contributed by atoms with E-state index in [4.69, 9.17) is 0 Å². The summed E-state index contributed by atoms with van der Waals surface area (Å²) in [5, 5.41) is 13.7. The van der Waals surface area contributed by atoms with E-state index in [0.29, 0.717) is 12.5 Å². The van der Waals surface area contributed by atoms with E-state index < -0.39 is 0 Å². The molecule has 1 atom stereocenters. The highest BCUT2D eigenvalue weighted by Crippen LogP contribution is 2.22. The van der Waals surface area contributed by atoms with Crippen molar-refractivity contribution in [2.45, 2.75) is 32.2 Å². The molecule has 0 spiro atoms. The van der Waals surface area contributed by atoms with Crippen LogP contribution in [-0.4, -0.2) is 22.8 Å². The van der Waals surface area contributed by atoms with Crippen molar-refractivity contribution in [2.75, 3.05) is 13.1 Å². The fourth-order valence-corrected chi connectivity index (χ4v) is 3.28. The van der Waals surface area contributed by atoms with E-state index in [-0.39, 0.29) is 11.3 Å². The van der Waals surface area contributed by atoms with Crippen molar-refractivity contribution in [3.63, 3.8) is 0 Å². The number of rotatable bonds is 4. The quantitative estimate of drug-likeness (QED) is 0.912. The Hall–Kier alpha value is -2.07. The van der Waals surface area contributed by atoms with Gasteiger partial charge in [0.15, 0.2) is 5.75 Å². The second-order valence-corrected chi connectivity index (χ2v) is 6.36. The smallest absolute Gasteiger partial charge is 0.293 e. The predicted octanol–water partition coefficient (Wildman–Crippen LogP) is 2.53. The zero-order valence-corrected chi connectivity index (χ0v) is 13.4. The molecular weight excluding hydrogens is 288 g/mol. The molecular formula is C19H24N2O2. The highest BCUT2D eigenvalue weighted by molar-refractivity contribution is 5.30. The summed E-state index contributed by atoms with van der Waals surface area (Å²) >= 11 is 0. The Balaban J connectivity index is 1.76. The van der Waals surface area contributed by atoms with E-state index >= 15 is 0 Å². The molecule has 0 aliphatic carbocycles. The van der Waals surface area contributed by atoms with E-state index in [9.17, 15) is 9.90 Å². The Morgan fingerprint density at radius 1 is 1.13 bits per heavy atom. The molecule has 3 rings (SSSR count). The average molecular weight is 312 g/mol. The Morgan fingerprint density at radius 3 is 2.78 bits per heavy atom. The van der Waals surface area contributed by atoms with Crippen molar-refractivity contribution < 1.29 is 5.11 Å². The van der Waals surface area contributed by atoms with Crippen LogP contribution in [-0.2, 0) is 13.0 Å². The molecule has 0 radical (unpaired) electrons. The van der Waals surface area contributed by atoms with Crippen LogP contribution in [0.1, 0.15) is 30.4 Å². The SMILES string of the molecule is O=c1c(O)c(CC2CCCNCC2)ccn1Cc1ccccc1. The molecule has 122 valence electrons. The minimum Gasteiger partial charge on any atom is -0.503 e.